The molecule has 0 bridgehead atoms. The summed E-state index contributed by atoms with van der Waals surface area (Å²) in [5.74, 6) is -0.507. The highest BCUT2D eigenvalue weighted by molar-refractivity contribution is 6.32. The number of hydrogen-bond acceptors (Lipinski definition) is 2. The van der Waals surface area contributed by atoms with Crippen molar-refractivity contribution in [3.05, 3.63) is 22.8 Å². The van der Waals surface area contributed by atoms with Crippen molar-refractivity contribution in [2.75, 3.05) is 5.73 Å². The maximum atomic E-state index is 13.5. The van der Waals surface area contributed by atoms with Crippen molar-refractivity contribution >= 4 is 17.4 Å². The molecule has 1 heterocycles. The van der Waals surface area contributed by atoms with E-state index in [-0.39, 0.29) is 12.3 Å². The first kappa shape index (κ1) is 14.8. The highest BCUT2D eigenvalue weighted by atomic mass is 35.5. The minimum Gasteiger partial charge on any atom is -0.382 e. The topological polar surface area (TPSA) is 38.9 Å². The van der Waals surface area contributed by atoms with Crippen LogP contribution in [-0.4, -0.2) is 17.3 Å². The van der Waals surface area contributed by atoms with Gasteiger partial charge in [0.05, 0.1) is 5.02 Å². The molecule has 0 radical (unpaired) electrons. The van der Waals surface area contributed by atoms with Gasteiger partial charge in [-0.3, -0.25) is 0 Å². The van der Waals surface area contributed by atoms with Crippen LogP contribution in [0.4, 0.5) is 36.6 Å². The molecule has 18 heavy (non-hydrogen) atoms. The molecule has 10 heteroatoms. The number of alkyl halides is 7. The van der Waals surface area contributed by atoms with Gasteiger partial charge in [-0.1, -0.05) is 11.6 Å². The molecular weight excluding hydrogens is 293 g/mol. The third-order valence-corrected chi connectivity index (χ3v) is 2.35. The molecule has 0 saturated heterocycles. The number of nitrogens with two attached hydrogens (primary N) is 1. The van der Waals surface area contributed by atoms with Gasteiger partial charge in [-0.15, -0.1) is 0 Å². The summed E-state index contributed by atoms with van der Waals surface area (Å²) in [5.41, 5.74) is -2.31. The maximum absolute atomic E-state index is 13.5. The summed E-state index contributed by atoms with van der Waals surface area (Å²) in [6.07, 6.45) is -12.4. The molecule has 2 nitrogen and oxygen atoms in total. The van der Waals surface area contributed by atoms with Crippen molar-refractivity contribution in [3.63, 3.8) is 0 Å². The Morgan fingerprint density at radius 1 is 1.00 bits per heavy atom. The molecule has 102 valence electrons. The SMILES string of the molecule is Nc1ncc(C(F)(C(F)(F)F)C(F)(F)F)cc1Cl. The van der Waals surface area contributed by atoms with E-state index in [2.05, 4.69) is 4.98 Å². The van der Waals surface area contributed by atoms with Crippen molar-refractivity contribution < 1.29 is 30.7 Å². The zero-order valence-corrected chi connectivity index (χ0v) is 8.96. The molecule has 1 aromatic heterocycles. The first-order chi connectivity index (χ1) is 7.91. The van der Waals surface area contributed by atoms with Gasteiger partial charge < -0.3 is 5.73 Å². The standard InChI is InChI=1S/C8H4ClF7N2/c9-4-1-3(2-18-5(4)17)6(10,7(11,12)13)8(14,15)16/h1-2H,(H2,17,18). The van der Waals surface area contributed by atoms with Crippen molar-refractivity contribution in [3.8, 4) is 0 Å². The van der Waals surface area contributed by atoms with Gasteiger partial charge in [0.25, 0.3) is 0 Å². The zero-order valence-electron chi connectivity index (χ0n) is 8.20. The van der Waals surface area contributed by atoms with E-state index in [0.717, 1.165) is 0 Å². The van der Waals surface area contributed by atoms with Crippen LogP contribution in [0.2, 0.25) is 5.02 Å². The van der Waals surface area contributed by atoms with Crippen LogP contribution in [0.25, 0.3) is 0 Å². The second kappa shape index (κ2) is 4.15. The van der Waals surface area contributed by atoms with E-state index in [9.17, 15) is 30.7 Å². The van der Waals surface area contributed by atoms with E-state index >= 15 is 0 Å². The second-order valence-electron chi connectivity index (χ2n) is 3.25. The summed E-state index contributed by atoms with van der Waals surface area (Å²) < 4.78 is 87.4. The number of rotatable bonds is 1. The Hall–Kier alpha value is -1.25. The third kappa shape index (κ3) is 2.18. The van der Waals surface area contributed by atoms with Crippen molar-refractivity contribution in [2.45, 2.75) is 18.0 Å². The Bertz CT molecular complexity index is 440. The minimum absolute atomic E-state index is 0.0438. The molecular formula is C8H4ClF7N2. The summed E-state index contributed by atoms with van der Waals surface area (Å²) in [7, 11) is 0. The number of nitrogen functional groups attached to an aromatic ring is 1. The van der Waals surface area contributed by atoms with Crippen molar-refractivity contribution in [1.29, 1.82) is 0 Å². The lowest BCUT2D eigenvalue weighted by atomic mass is 9.96. The van der Waals surface area contributed by atoms with Crippen LogP contribution in [0.15, 0.2) is 12.3 Å². The van der Waals surface area contributed by atoms with E-state index in [0.29, 0.717) is 0 Å². The van der Waals surface area contributed by atoms with Crippen LogP contribution >= 0.6 is 11.6 Å². The fraction of sp³-hybridized carbons (Fsp3) is 0.375. The van der Waals surface area contributed by atoms with Gasteiger partial charge in [-0.2, -0.15) is 26.3 Å². The van der Waals surface area contributed by atoms with Gasteiger partial charge in [0.1, 0.15) is 5.82 Å². The molecule has 0 aliphatic carbocycles. The van der Waals surface area contributed by atoms with Gasteiger partial charge in [0, 0.05) is 11.8 Å². The first-order valence-corrected chi connectivity index (χ1v) is 4.53. The molecule has 0 amide bonds. The zero-order chi connectivity index (χ0) is 14.4. The molecule has 0 spiro atoms. The van der Waals surface area contributed by atoms with Gasteiger partial charge >= 0.3 is 18.0 Å². The summed E-state index contributed by atoms with van der Waals surface area (Å²) in [6.45, 7) is 0. The molecule has 0 aliphatic heterocycles. The lowest BCUT2D eigenvalue weighted by Gasteiger charge is -2.30. The summed E-state index contributed by atoms with van der Waals surface area (Å²) in [4.78, 5) is 2.98. The summed E-state index contributed by atoms with van der Waals surface area (Å²) >= 11 is 5.23. The van der Waals surface area contributed by atoms with Crippen LogP contribution in [0.5, 0.6) is 0 Å². The monoisotopic (exact) mass is 296 g/mol. The Kier molecular flexibility index (Phi) is 3.41. The highest BCUT2D eigenvalue weighted by Crippen LogP contribution is 2.53. The summed E-state index contributed by atoms with van der Waals surface area (Å²) in [5, 5.41) is -0.706. The molecule has 1 rings (SSSR count). The Labute approximate surface area is 101 Å². The predicted molar refractivity (Wildman–Crippen MR) is 48.6 cm³/mol. The quantitative estimate of drug-likeness (QED) is 0.804. The molecule has 0 unspecified atom stereocenters. The smallest absolute Gasteiger partial charge is 0.382 e. The molecule has 2 N–H and O–H groups in total. The Morgan fingerprint density at radius 2 is 1.44 bits per heavy atom. The fourth-order valence-electron chi connectivity index (χ4n) is 1.12. The Balaban J connectivity index is 3.51. The van der Waals surface area contributed by atoms with Gasteiger partial charge in [-0.25, -0.2) is 9.37 Å². The predicted octanol–water partition coefficient (Wildman–Crippen LogP) is 3.61. The molecule has 0 saturated carbocycles. The number of aromatic nitrogens is 1. The van der Waals surface area contributed by atoms with E-state index in [1.165, 1.54) is 0 Å². The summed E-state index contributed by atoms with van der Waals surface area (Å²) in [6, 6.07) is 0.144. The Morgan fingerprint density at radius 3 is 1.78 bits per heavy atom. The molecule has 0 aromatic carbocycles. The number of anilines is 1. The van der Waals surface area contributed by atoms with E-state index in [4.69, 9.17) is 17.3 Å². The highest BCUT2D eigenvalue weighted by Gasteiger charge is 2.73. The number of pyridine rings is 1. The van der Waals surface area contributed by atoms with Crippen molar-refractivity contribution in [2.24, 2.45) is 0 Å². The largest absolute Gasteiger partial charge is 0.436 e. The number of nitrogens with zero attached hydrogens (tertiary/aromatic N) is 1. The third-order valence-electron chi connectivity index (χ3n) is 2.05. The number of halogens is 8. The number of hydrogen-bond donors (Lipinski definition) is 1. The average molecular weight is 297 g/mol. The lowest BCUT2D eigenvalue weighted by molar-refractivity contribution is -0.348. The lowest BCUT2D eigenvalue weighted by Crippen LogP contribution is -2.50. The maximum Gasteiger partial charge on any atom is 0.436 e. The van der Waals surface area contributed by atoms with Crippen LogP contribution in [0, 0.1) is 0 Å². The van der Waals surface area contributed by atoms with Crippen LogP contribution in [0.3, 0.4) is 0 Å². The molecule has 0 aliphatic rings. The van der Waals surface area contributed by atoms with E-state index in [1.807, 2.05) is 0 Å². The van der Waals surface area contributed by atoms with E-state index in [1.54, 1.807) is 0 Å². The molecule has 0 fully saturated rings. The normalized spacial score (nSPS) is 13.8. The molecule has 0 atom stereocenters. The van der Waals surface area contributed by atoms with Crippen LogP contribution in [0.1, 0.15) is 5.56 Å². The van der Waals surface area contributed by atoms with Gasteiger partial charge in [-0.05, 0) is 6.07 Å². The van der Waals surface area contributed by atoms with Crippen LogP contribution < -0.4 is 5.73 Å². The minimum atomic E-state index is -6.20. The molecule has 1 aromatic rings. The van der Waals surface area contributed by atoms with Crippen LogP contribution in [-0.2, 0) is 5.67 Å². The van der Waals surface area contributed by atoms with E-state index < -0.39 is 34.4 Å². The van der Waals surface area contributed by atoms with Gasteiger partial charge in [0.15, 0.2) is 0 Å². The van der Waals surface area contributed by atoms with Gasteiger partial charge in [0.2, 0.25) is 0 Å². The first-order valence-electron chi connectivity index (χ1n) is 4.15. The average Bonchev–Trinajstić information content (AvgIpc) is 2.17. The fourth-order valence-corrected chi connectivity index (χ4v) is 1.29. The second-order valence-corrected chi connectivity index (χ2v) is 3.65. The van der Waals surface area contributed by atoms with Crippen molar-refractivity contribution in [1.82, 2.24) is 4.98 Å².